The maximum Gasteiger partial charge on any atom is 0.225 e. The summed E-state index contributed by atoms with van der Waals surface area (Å²) in [5.74, 6) is -0.760. The molecule has 76 valence electrons. The van der Waals surface area contributed by atoms with Crippen LogP contribution in [0, 0.1) is 0 Å². The fourth-order valence-corrected chi connectivity index (χ4v) is 1.54. The van der Waals surface area contributed by atoms with E-state index in [0.717, 1.165) is 24.0 Å². The van der Waals surface area contributed by atoms with E-state index < -0.39 is 0 Å². The van der Waals surface area contributed by atoms with E-state index in [1.807, 2.05) is 6.92 Å². The third kappa shape index (κ3) is 2.66. The number of hydrogen-bond acceptors (Lipinski definition) is 2. The summed E-state index contributed by atoms with van der Waals surface area (Å²) in [6.45, 7) is 4.04. The normalized spacial score (nSPS) is 16.7. The molecule has 0 fully saturated rings. The zero-order valence-corrected chi connectivity index (χ0v) is 8.80. The van der Waals surface area contributed by atoms with Crippen molar-refractivity contribution in [3.63, 3.8) is 0 Å². The van der Waals surface area contributed by atoms with Gasteiger partial charge in [0.05, 0.1) is 0 Å². The van der Waals surface area contributed by atoms with E-state index in [0.29, 0.717) is 0 Å². The lowest BCUT2D eigenvalue weighted by molar-refractivity contribution is -0.131. The van der Waals surface area contributed by atoms with Crippen LogP contribution in [0.1, 0.15) is 39.5 Å². The second-order valence-corrected chi connectivity index (χ2v) is 3.68. The van der Waals surface area contributed by atoms with Crippen molar-refractivity contribution in [3.8, 4) is 0 Å². The SMILES string of the molecule is CCCCCC1=CC(=O)C(=O)C=C1C. The van der Waals surface area contributed by atoms with Crippen molar-refractivity contribution < 1.29 is 9.59 Å². The average Bonchev–Trinajstić information content (AvgIpc) is 2.14. The first-order valence-electron chi connectivity index (χ1n) is 5.12. The minimum absolute atomic E-state index is 0.373. The number of rotatable bonds is 4. The lowest BCUT2D eigenvalue weighted by atomic mass is 9.93. The summed E-state index contributed by atoms with van der Waals surface area (Å²) in [4.78, 5) is 22.1. The summed E-state index contributed by atoms with van der Waals surface area (Å²) in [5, 5.41) is 0. The van der Waals surface area contributed by atoms with E-state index in [-0.39, 0.29) is 11.6 Å². The standard InChI is InChI=1S/C12H16O2/c1-3-4-5-6-10-8-12(14)11(13)7-9(10)2/h7-8H,3-6H2,1-2H3. The van der Waals surface area contributed by atoms with Gasteiger partial charge in [0.25, 0.3) is 0 Å². The molecule has 1 rings (SSSR count). The zero-order chi connectivity index (χ0) is 10.6. The van der Waals surface area contributed by atoms with E-state index in [2.05, 4.69) is 6.92 Å². The van der Waals surface area contributed by atoms with E-state index in [9.17, 15) is 9.59 Å². The van der Waals surface area contributed by atoms with Gasteiger partial charge in [-0.2, -0.15) is 0 Å². The van der Waals surface area contributed by atoms with Crippen molar-refractivity contribution in [2.24, 2.45) is 0 Å². The van der Waals surface area contributed by atoms with Gasteiger partial charge < -0.3 is 0 Å². The Balaban J connectivity index is 2.60. The predicted molar refractivity (Wildman–Crippen MR) is 56.0 cm³/mol. The molecule has 14 heavy (non-hydrogen) atoms. The van der Waals surface area contributed by atoms with Crippen molar-refractivity contribution in [2.75, 3.05) is 0 Å². The largest absolute Gasteiger partial charge is 0.286 e. The Hall–Kier alpha value is -1.18. The van der Waals surface area contributed by atoms with Crippen LogP contribution < -0.4 is 0 Å². The molecule has 0 aromatic carbocycles. The second kappa shape index (κ2) is 4.89. The summed E-state index contributed by atoms with van der Waals surface area (Å²) < 4.78 is 0. The Morgan fingerprint density at radius 3 is 2.36 bits per heavy atom. The van der Waals surface area contributed by atoms with Crippen LogP contribution in [-0.2, 0) is 9.59 Å². The molecule has 1 aliphatic rings. The topological polar surface area (TPSA) is 34.1 Å². The molecular weight excluding hydrogens is 176 g/mol. The molecule has 0 aromatic heterocycles. The molecule has 0 spiro atoms. The Bertz CT molecular complexity index is 308. The van der Waals surface area contributed by atoms with Gasteiger partial charge >= 0.3 is 0 Å². The quantitative estimate of drug-likeness (QED) is 0.390. The summed E-state index contributed by atoms with van der Waals surface area (Å²) in [5.41, 5.74) is 1.98. The van der Waals surface area contributed by atoms with Crippen molar-refractivity contribution in [1.29, 1.82) is 0 Å². The molecule has 0 saturated heterocycles. The van der Waals surface area contributed by atoms with Gasteiger partial charge in [0, 0.05) is 0 Å². The maximum atomic E-state index is 11.1. The van der Waals surface area contributed by atoms with Gasteiger partial charge in [-0.25, -0.2) is 0 Å². The lowest BCUT2D eigenvalue weighted by Gasteiger charge is -2.10. The van der Waals surface area contributed by atoms with Crippen LogP contribution in [0.5, 0.6) is 0 Å². The first-order chi connectivity index (χ1) is 6.65. The summed E-state index contributed by atoms with van der Waals surface area (Å²) in [7, 11) is 0. The molecular formula is C12H16O2. The minimum Gasteiger partial charge on any atom is -0.286 e. The third-order valence-electron chi connectivity index (χ3n) is 2.45. The smallest absolute Gasteiger partial charge is 0.225 e. The van der Waals surface area contributed by atoms with Crippen LogP contribution in [0.15, 0.2) is 23.3 Å². The summed E-state index contributed by atoms with van der Waals surface area (Å²) >= 11 is 0. The van der Waals surface area contributed by atoms with Crippen molar-refractivity contribution in [3.05, 3.63) is 23.3 Å². The summed E-state index contributed by atoms with van der Waals surface area (Å²) in [6.07, 6.45) is 7.29. The van der Waals surface area contributed by atoms with Gasteiger partial charge in [0.1, 0.15) is 0 Å². The number of unbranched alkanes of at least 4 members (excludes halogenated alkanes) is 2. The summed E-state index contributed by atoms with van der Waals surface area (Å²) in [6, 6.07) is 0. The van der Waals surface area contributed by atoms with Gasteiger partial charge in [-0.1, -0.05) is 19.8 Å². The molecule has 2 nitrogen and oxygen atoms in total. The monoisotopic (exact) mass is 192 g/mol. The average molecular weight is 192 g/mol. The van der Waals surface area contributed by atoms with Crippen molar-refractivity contribution in [1.82, 2.24) is 0 Å². The Labute approximate surface area is 84.7 Å². The van der Waals surface area contributed by atoms with Crippen molar-refractivity contribution in [2.45, 2.75) is 39.5 Å². The first kappa shape index (κ1) is 10.9. The van der Waals surface area contributed by atoms with Crippen LogP contribution in [-0.4, -0.2) is 11.6 Å². The van der Waals surface area contributed by atoms with Crippen LogP contribution in [0.2, 0.25) is 0 Å². The molecule has 0 bridgehead atoms. The molecule has 0 radical (unpaired) electrons. The van der Waals surface area contributed by atoms with Gasteiger partial charge in [-0.15, -0.1) is 0 Å². The van der Waals surface area contributed by atoms with Crippen LogP contribution in [0.3, 0.4) is 0 Å². The molecule has 0 saturated carbocycles. The highest BCUT2D eigenvalue weighted by Crippen LogP contribution is 2.20. The highest BCUT2D eigenvalue weighted by Gasteiger charge is 2.16. The molecule has 0 amide bonds. The number of hydrogen-bond donors (Lipinski definition) is 0. The Morgan fingerprint density at radius 1 is 1.07 bits per heavy atom. The number of ketones is 2. The molecule has 0 unspecified atom stereocenters. The van der Waals surface area contributed by atoms with Crippen LogP contribution >= 0.6 is 0 Å². The molecule has 2 heteroatoms. The van der Waals surface area contributed by atoms with E-state index in [1.165, 1.54) is 25.0 Å². The van der Waals surface area contributed by atoms with E-state index in [1.54, 1.807) is 0 Å². The lowest BCUT2D eigenvalue weighted by Crippen LogP contribution is -2.14. The minimum atomic E-state index is -0.387. The van der Waals surface area contributed by atoms with Gasteiger partial charge in [-0.05, 0) is 43.1 Å². The number of allylic oxidation sites excluding steroid dienone is 4. The predicted octanol–water partition coefficient (Wildman–Crippen LogP) is 2.59. The van der Waals surface area contributed by atoms with E-state index in [4.69, 9.17) is 0 Å². The highest BCUT2D eigenvalue weighted by molar-refractivity contribution is 6.46. The third-order valence-corrected chi connectivity index (χ3v) is 2.45. The van der Waals surface area contributed by atoms with Gasteiger partial charge in [0.15, 0.2) is 0 Å². The Kier molecular flexibility index (Phi) is 3.81. The van der Waals surface area contributed by atoms with Gasteiger partial charge in [0.2, 0.25) is 11.6 Å². The molecule has 0 aliphatic heterocycles. The Morgan fingerprint density at radius 2 is 1.71 bits per heavy atom. The van der Waals surface area contributed by atoms with E-state index >= 15 is 0 Å². The highest BCUT2D eigenvalue weighted by atomic mass is 16.2. The van der Waals surface area contributed by atoms with Gasteiger partial charge in [-0.3, -0.25) is 9.59 Å². The maximum absolute atomic E-state index is 11.1. The zero-order valence-electron chi connectivity index (χ0n) is 8.80. The van der Waals surface area contributed by atoms with Crippen LogP contribution in [0.25, 0.3) is 0 Å². The van der Waals surface area contributed by atoms with Crippen molar-refractivity contribution >= 4 is 11.6 Å². The van der Waals surface area contributed by atoms with Crippen LogP contribution in [0.4, 0.5) is 0 Å². The molecule has 0 N–H and O–H groups in total. The number of carbonyl (C=O) groups excluding carboxylic acids is 2. The molecule has 0 atom stereocenters. The molecule has 1 aliphatic carbocycles. The second-order valence-electron chi connectivity index (χ2n) is 3.68. The fraction of sp³-hybridized carbons (Fsp3) is 0.500. The first-order valence-corrected chi connectivity index (χ1v) is 5.12. The molecule has 0 heterocycles. The fourth-order valence-electron chi connectivity index (χ4n) is 1.54. The molecule has 0 aromatic rings. The number of carbonyl (C=O) groups is 2.